The van der Waals surface area contributed by atoms with E-state index in [1.807, 2.05) is 6.92 Å². The molecule has 6 nitrogen and oxygen atoms in total. The van der Waals surface area contributed by atoms with E-state index in [-0.39, 0.29) is 23.6 Å². The maximum absolute atomic E-state index is 11.6. The van der Waals surface area contributed by atoms with Crippen LogP contribution in [0.3, 0.4) is 0 Å². The van der Waals surface area contributed by atoms with Crippen molar-refractivity contribution in [3.63, 3.8) is 0 Å². The fourth-order valence-corrected chi connectivity index (χ4v) is 2.38. The lowest BCUT2D eigenvalue weighted by atomic mass is 10.2. The number of hydrogen-bond donors (Lipinski definition) is 2. The van der Waals surface area contributed by atoms with Crippen molar-refractivity contribution < 1.29 is 14.0 Å². The second-order valence-electron chi connectivity index (χ2n) is 4.18. The highest BCUT2D eigenvalue weighted by molar-refractivity contribution is 8.14. The molecule has 0 aliphatic carbocycles. The monoisotopic (exact) mass is 281 g/mol. The topological polar surface area (TPSA) is 83.7 Å². The van der Waals surface area contributed by atoms with E-state index in [1.54, 1.807) is 18.4 Å². The molecule has 0 bridgehead atoms. The van der Waals surface area contributed by atoms with Crippen LogP contribution in [-0.4, -0.2) is 28.8 Å². The first-order valence-corrected chi connectivity index (χ1v) is 6.91. The van der Waals surface area contributed by atoms with Crippen LogP contribution in [0.4, 0.5) is 0 Å². The number of aliphatic imine (C=N–C) groups is 1. The van der Waals surface area contributed by atoms with E-state index in [0.717, 1.165) is 0 Å². The maximum Gasteiger partial charge on any atom is 0.230 e. The molecule has 2 N–H and O–H groups in total. The number of furan rings is 1. The van der Waals surface area contributed by atoms with Crippen molar-refractivity contribution in [2.24, 2.45) is 4.99 Å². The Hall–Kier alpha value is -1.76. The van der Waals surface area contributed by atoms with Crippen molar-refractivity contribution in [2.75, 3.05) is 5.75 Å². The molecule has 0 saturated heterocycles. The van der Waals surface area contributed by atoms with E-state index < -0.39 is 0 Å². The van der Waals surface area contributed by atoms with Crippen molar-refractivity contribution in [3.05, 3.63) is 24.2 Å². The first kappa shape index (κ1) is 13.7. The first-order valence-electron chi connectivity index (χ1n) is 5.93. The van der Waals surface area contributed by atoms with E-state index in [0.29, 0.717) is 23.9 Å². The maximum atomic E-state index is 11.6. The summed E-state index contributed by atoms with van der Waals surface area (Å²) in [6, 6.07) is 3.53. The zero-order chi connectivity index (χ0) is 13.7. The third-order valence-corrected chi connectivity index (χ3v) is 3.33. The molecular weight excluding hydrogens is 266 g/mol. The SMILES string of the molecule is C[C@H]1CC(=O)NC(SCC(=O)NCc2ccco2)=N1. The van der Waals surface area contributed by atoms with Crippen molar-refractivity contribution in [1.82, 2.24) is 10.6 Å². The van der Waals surface area contributed by atoms with Gasteiger partial charge >= 0.3 is 0 Å². The van der Waals surface area contributed by atoms with Crippen molar-refractivity contribution in [3.8, 4) is 0 Å². The van der Waals surface area contributed by atoms with Crippen molar-refractivity contribution in [1.29, 1.82) is 0 Å². The lowest BCUT2D eigenvalue weighted by Crippen LogP contribution is -2.37. The van der Waals surface area contributed by atoms with Crippen LogP contribution >= 0.6 is 11.8 Å². The summed E-state index contributed by atoms with van der Waals surface area (Å²) in [6.07, 6.45) is 1.96. The zero-order valence-corrected chi connectivity index (χ0v) is 11.3. The minimum atomic E-state index is -0.128. The Bertz CT molecular complexity index is 484. The number of carbonyl (C=O) groups is 2. The van der Waals surface area contributed by atoms with Crippen LogP contribution in [0.25, 0.3) is 0 Å². The Morgan fingerprint density at radius 2 is 2.53 bits per heavy atom. The summed E-state index contributed by atoms with van der Waals surface area (Å²) in [5.41, 5.74) is 0. The molecule has 0 saturated carbocycles. The number of thioether (sulfide) groups is 1. The van der Waals surface area contributed by atoms with Crippen LogP contribution in [0.1, 0.15) is 19.1 Å². The van der Waals surface area contributed by atoms with Crippen molar-refractivity contribution >= 4 is 28.7 Å². The molecule has 0 aromatic carbocycles. The van der Waals surface area contributed by atoms with Crippen LogP contribution in [0, 0.1) is 0 Å². The molecule has 19 heavy (non-hydrogen) atoms. The molecular formula is C12H15N3O3S. The number of nitrogens with one attached hydrogen (secondary N) is 2. The van der Waals surface area contributed by atoms with Crippen LogP contribution in [0.5, 0.6) is 0 Å². The average Bonchev–Trinajstić information content (AvgIpc) is 2.86. The lowest BCUT2D eigenvalue weighted by Gasteiger charge is -2.16. The summed E-state index contributed by atoms with van der Waals surface area (Å²) in [7, 11) is 0. The van der Waals surface area contributed by atoms with Gasteiger partial charge in [0.25, 0.3) is 0 Å². The minimum absolute atomic E-state index is 0.0255. The average molecular weight is 281 g/mol. The van der Waals surface area contributed by atoms with E-state index in [1.165, 1.54) is 11.8 Å². The van der Waals surface area contributed by atoms with Gasteiger partial charge in [0, 0.05) is 6.42 Å². The largest absolute Gasteiger partial charge is 0.467 e. The summed E-state index contributed by atoms with van der Waals surface area (Å²) < 4.78 is 5.10. The van der Waals surface area contributed by atoms with Gasteiger partial charge < -0.3 is 15.1 Å². The Morgan fingerprint density at radius 3 is 3.21 bits per heavy atom. The Balaban J connectivity index is 1.73. The molecule has 2 rings (SSSR count). The van der Waals surface area contributed by atoms with Gasteiger partial charge in [-0.1, -0.05) is 11.8 Å². The molecule has 1 aliphatic rings. The lowest BCUT2D eigenvalue weighted by molar-refractivity contribution is -0.120. The fraction of sp³-hybridized carbons (Fsp3) is 0.417. The number of amides is 2. The van der Waals surface area contributed by atoms with Gasteiger partial charge in [-0.25, -0.2) is 0 Å². The third kappa shape index (κ3) is 4.44. The Morgan fingerprint density at radius 1 is 1.68 bits per heavy atom. The third-order valence-electron chi connectivity index (χ3n) is 2.44. The molecule has 102 valence electrons. The normalized spacial score (nSPS) is 18.7. The number of carbonyl (C=O) groups excluding carboxylic acids is 2. The Labute approximate surface area is 115 Å². The molecule has 1 aromatic heterocycles. The quantitative estimate of drug-likeness (QED) is 0.858. The molecule has 1 aliphatic heterocycles. The Kier molecular flexibility index (Phi) is 4.62. The highest BCUT2D eigenvalue weighted by Gasteiger charge is 2.18. The molecule has 2 amide bonds. The van der Waals surface area contributed by atoms with Gasteiger partial charge in [0.2, 0.25) is 11.8 Å². The summed E-state index contributed by atoms with van der Waals surface area (Å²) in [6.45, 7) is 2.23. The number of hydrogen-bond acceptors (Lipinski definition) is 5. The minimum Gasteiger partial charge on any atom is -0.467 e. The number of amidine groups is 1. The van der Waals surface area contributed by atoms with Crippen LogP contribution in [0.15, 0.2) is 27.8 Å². The molecule has 1 atom stereocenters. The van der Waals surface area contributed by atoms with E-state index in [2.05, 4.69) is 15.6 Å². The molecule has 0 radical (unpaired) electrons. The summed E-state index contributed by atoms with van der Waals surface area (Å²) in [5, 5.41) is 5.88. The van der Waals surface area contributed by atoms with Gasteiger partial charge in [0.1, 0.15) is 5.76 Å². The fourth-order valence-electron chi connectivity index (χ4n) is 1.57. The highest BCUT2D eigenvalue weighted by atomic mass is 32.2. The van der Waals surface area contributed by atoms with Crippen LogP contribution in [0.2, 0.25) is 0 Å². The predicted octanol–water partition coefficient (Wildman–Crippen LogP) is 0.893. The van der Waals surface area contributed by atoms with E-state index in [9.17, 15) is 9.59 Å². The second-order valence-corrected chi connectivity index (χ2v) is 5.14. The van der Waals surface area contributed by atoms with Crippen LogP contribution < -0.4 is 10.6 Å². The second kappa shape index (κ2) is 6.42. The summed E-state index contributed by atoms with van der Waals surface area (Å²) in [5.74, 6) is 0.736. The molecule has 2 heterocycles. The van der Waals surface area contributed by atoms with Gasteiger partial charge in [-0.15, -0.1) is 0 Å². The van der Waals surface area contributed by atoms with Gasteiger partial charge in [0.15, 0.2) is 5.17 Å². The van der Waals surface area contributed by atoms with Crippen molar-refractivity contribution in [2.45, 2.75) is 25.9 Å². The zero-order valence-electron chi connectivity index (χ0n) is 10.5. The molecule has 1 aromatic rings. The van der Waals surface area contributed by atoms with Gasteiger partial charge in [-0.3, -0.25) is 14.6 Å². The van der Waals surface area contributed by atoms with Gasteiger partial charge in [-0.2, -0.15) is 0 Å². The van der Waals surface area contributed by atoms with E-state index >= 15 is 0 Å². The predicted molar refractivity (Wildman–Crippen MR) is 72.7 cm³/mol. The molecule has 7 heteroatoms. The smallest absolute Gasteiger partial charge is 0.230 e. The highest BCUT2D eigenvalue weighted by Crippen LogP contribution is 2.10. The molecule has 0 fully saturated rings. The number of rotatable bonds is 4. The summed E-state index contributed by atoms with van der Waals surface area (Å²) >= 11 is 1.23. The first-order chi connectivity index (χ1) is 9.13. The van der Waals surface area contributed by atoms with E-state index in [4.69, 9.17) is 4.42 Å². The van der Waals surface area contributed by atoms with Gasteiger partial charge in [-0.05, 0) is 19.1 Å². The number of nitrogens with zero attached hydrogens (tertiary/aromatic N) is 1. The summed E-state index contributed by atoms with van der Waals surface area (Å²) in [4.78, 5) is 27.2. The standard InChI is InChI=1S/C12H15N3O3S/c1-8-5-10(16)15-12(14-8)19-7-11(17)13-6-9-3-2-4-18-9/h2-4,8H,5-7H2,1H3,(H,13,17)(H,14,15,16)/t8-/m0/s1. The molecule has 0 spiro atoms. The van der Waals surface area contributed by atoms with Gasteiger partial charge in [0.05, 0.1) is 24.6 Å². The van der Waals surface area contributed by atoms with Crippen LogP contribution in [-0.2, 0) is 16.1 Å². The molecule has 0 unspecified atom stereocenters.